The van der Waals surface area contributed by atoms with E-state index in [1.807, 2.05) is 6.92 Å². The van der Waals surface area contributed by atoms with Gasteiger partial charge >= 0.3 is 0 Å². The standard InChI is InChI=1S/C8H7BrClF/c1-2-5-3-6(9)4-7(10)8(5)11/h3-4H,2H2,1H3. The van der Waals surface area contributed by atoms with Gasteiger partial charge in [0.2, 0.25) is 0 Å². The molecule has 0 spiro atoms. The van der Waals surface area contributed by atoms with Crippen LogP contribution in [0.3, 0.4) is 0 Å². The summed E-state index contributed by atoms with van der Waals surface area (Å²) < 4.78 is 13.8. The van der Waals surface area contributed by atoms with Crippen LogP contribution in [-0.4, -0.2) is 0 Å². The van der Waals surface area contributed by atoms with Gasteiger partial charge in [0.25, 0.3) is 0 Å². The summed E-state index contributed by atoms with van der Waals surface area (Å²) in [6.45, 7) is 1.89. The van der Waals surface area contributed by atoms with Crippen LogP contribution in [0.15, 0.2) is 16.6 Å². The van der Waals surface area contributed by atoms with Crippen molar-refractivity contribution in [3.63, 3.8) is 0 Å². The molecule has 3 heteroatoms. The number of benzene rings is 1. The minimum absolute atomic E-state index is 0.177. The molecule has 0 nitrogen and oxygen atoms in total. The Morgan fingerprint density at radius 3 is 2.73 bits per heavy atom. The van der Waals surface area contributed by atoms with Crippen LogP contribution < -0.4 is 0 Å². The maximum Gasteiger partial charge on any atom is 0.145 e. The fraction of sp³-hybridized carbons (Fsp3) is 0.250. The molecule has 0 radical (unpaired) electrons. The van der Waals surface area contributed by atoms with Crippen LogP contribution in [0.4, 0.5) is 4.39 Å². The highest BCUT2D eigenvalue weighted by atomic mass is 79.9. The average Bonchev–Trinajstić information content (AvgIpc) is 1.96. The largest absolute Gasteiger partial charge is 0.205 e. The summed E-state index contributed by atoms with van der Waals surface area (Å²) in [7, 11) is 0. The van der Waals surface area contributed by atoms with E-state index in [1.165, 1.54) is 0 Å². The summed E-state index contributed by atoms with van der Waals surface area (Å²) in [5, 5.41) is 0.177. The predicted molar refractivity (Wildman–Crippen MR) is 48.5 cm³/mol. The molecule has 0 aliphatic carbocycles. The highest BCUT2D eigenvalue weighted by Crippen LogP contribution is 2.24. The topological polar surface area (TPSA) is 0 Å². The van der Waals surface area contributed by atoms with Crippen molar-refractivity contribution in [3.05, 3.63) is 33.0 Å². The molecule has 0 saturated heterocycles. The van der Waals surface area contributed by atoms with Crippen molar-refractivity contribution in [2.45, 2.75) is 13.3 Å². The van der Waals surface area contributed by atoms with Gasteiger partial charge in [0.15, 0.2) is 0 Å². The van der Waals surface area contributed by atoms with Crippen molar-refractivity contribution < 1.29 is 4.39 Å². The molecule has 0 aliphatic heterocycles. The second-order valence-electron chi connectivity index (χ2n) is 2.21. The summed E-state index contributed by atoms with van der Waals surface area (Å²) in [5.41, 5.74) is 0.643. The zero-order valence-corrected chi connectivity index (χ0v) is 8.34. The third-order valence-electron chi connectivity index (χ3n) is 1.45. The number of aryl methyl sites for hydroxylation is 1. The Morgan fingerprint density at radius 1 is 1.55 bits per heavy atom. The van der Waals surface area contributed by atoms with E-state index in [1.54, 1.807) is 12.1 Å². The third kappa shape index (κ3) is 1.94. The molecule has 0 heterocycles. The smallest absolute Gasteiger partial charge is 0.145 e. The van der Waals surface area contributed by atoms with E-state index >= 15 is 0 Å². The van der Waals surface area contributed by atoms with Crippen LogP contribution >= 0.6 is 27.5 Å². The van der Waals surface area contributed by atoms with Gasteiger partial charge in [-0.3, -0.25) is 0 Å². The van der Waals surface area contributed by atoms with E-state index in [9.17, 15) is 4.39 Å². The number of halogens is 3. The van der Waals surface area contributed by atoms with Gasteiger partial charge in [0.05, 0.1) is 5.02 Å². The van der Waals surface area contributed by atoms with E-state index in [0.717, 1.165) is 4.47 Å². The molecule has 0 bridgehead atoms. The van der Waals surface area contributed by atoms with Crippen molar-refractivity contribution in [2.24, 2.45) is 0 Å². The second kappa shape index (κ2) is 3.55. The van der Waals surface area contributed by atoms with Crippen LogP contribution in [0.5, 0.6) is 0 Å². The Kier molecular flexibility index (Phi) is 2.90. The molecule has 0 aromatic heterocycles. The third-order valence-corrected chi connectivity index (χ3v) is 2.18. The minimum atomic E-state index is -0.308. The van der Waals surface area contributed by atoms with E-state index in [0.29, 0.717) is 12.0 Å². The van der Waals surface area contributed by atoms with Crippen LogP contribution in [0.2, 0.25) is 5.02 Å². The lowest BCUT2D eigenvalue weighted by Gasteiger charge is -2.01. The van der Waals surface area contributed by atoms with Gasteiger partial charge in [-0.2, -0.15) is 0 Å². The maximum atomic E-state index is 13.0. The van der Waals surface area contributed by atoms with Gasteiger partial charge in [-0.1, -0.05) is 34.5 Å². The highest BCUT2D eigenvalue weighted by Gasteiger charge is 2.05. The minimum Gasteiger partial charge on any atom is -0.205 e. The number of hydrogen-bond donors (Lipinski definition) is 0. The fourth-order valence-corrected chi connectivity index (χ4v) is 1.74. The van der Waals surface area contributed by atoms with Gasteiger partial charge in [0.1, 0.15) is 5.82 Å². The Morgan fingerprint density at radius 2 is 2.18 bits per heavy atom. The van der Waals surface area contributed by atoms with E-state index in [-0.39, 0.29) is 10.8 Å². The molecule has 0 N–H and O–H groups in total. The normalized spacial score (nSPS) is 10.2. The first kappa shape index (κ1) is 9.01. The first-order chi connectivity index (χ1) is 5.15. The van der Waals surface area contributed by atoms with Gasteiger partial charge in [-0.15, -0.1) is 0 Å². The Hall–Kier alpha value is -0.0800. The molecular weight excluding hydrogens is 230 g/mol. The van der Waals surface area contributed by atoms with Gasteiger partial charge in [0, 0.05) is 4.47 Å². The molecule has 1 aromatic carbocycles. The second-order valence-corrected chi connectivity index (χ2v) is 3.54. The van der Waals surface area contributed by atoms with Crippen LogP contribution in [-0.2, 0) is 6.42 Å². The lowest BCUT2D eigenvalue weighted by atomic mass is 10.2. The van der Waals surface area contributed by atoms with Crippen molar-refractivity contribution in [1.82, 2.24) is 0 Å². The van der Waals surface area contributed by atoms with Gasteiger partial charge in [-0.05, 0) is 24.1 Å². The molecule has 60 valence electrons. The van der Waals surface area contributed by atoms with Crippen LogP contribution in [0.1, 0.15) is 12.5 Å². The van der Waals surface area contributed by atoms with Gasteiger partial charge < -0.3 is 0 Å². The molecule has 11 heavy (non-hydrogen) atoms. The monoisotopic (exact) mass is 236 g/mol. The van der Waals surface area contributed by atoms with Gasteiger partial charge in [-0.25, -0.2) is 4.39 Å². The SMILES string of the molecule is CCc1cc(Br)cc(Cl)c1F. The van der Waals surface area contributed by atoms with Crippen molar-refractivity contribution in [2.75, 3.05) is 0 Å². The first-order valence-corrected chi connectivity index (χ1v) is 4.45. The Balaban J connectivity index is 3.24. The summed E-state index contributed by atoms with van der Waals surface area (Å²) in [5.74, 6) is -0.308. The van der Waals surface area contributed by atoms with E-state index in [2.05, 4.69) is 15.9 Å². The fourth-order valence-electron chi connectivity index (χ4n) is 0.867. The molecule has 0 aliphatic rings. The lowest BCUT2D eigenvalue weighted by Crippen LogP contribution is -1.88. The highest BCUT2D eigenvalue weighted by molar-refractivity contribution is 9.10. The zero-order chi connectivity index (χ0) is 8.43. The average molecular weight is 237 g/mol. The zero-order valence-electron chi connectivity index (χ0n) is 6.00. The molecular formula is C8H7BrClF. The molecule has 0 amide bonds. The number of rotatable bonds is 1. The molecule has 0 atom stereocenters. The Bertz CT molecular complexity index is 273. The van der Waals surface area contributed by atoms with Crippen LogP contribution in [0.25, 0.3) is 0 Å². The van der Waals surface area contributed by atoms with Crippen molar-refractivity contribution in [1.29, 1.82) is 0 Å². The van der Waals surface area contributed by atoms with Crippen molar-refractivity contribution >= 4 is 27.5 Å². The summed E-state index contributed by atoms with van der Waals surface area (Å²) in [6.07, 6.45) is 0.658. The summed E-state index contributed by atoms with van der Waals surface area (Å²) in [4.78, 5) is 0. The van der Waals surface area contributed by atoms with Crippen molar-refractivity contribution in [3.8, 4) is 0 Å². The maximum absolute atomic E-state index is 13.0. The van der Waals surface area contributed by atoms with Crippen LogP contribution in [0, 0.1) is 5.82 Å². The number of hydrogen-bond acceptors (Lipinski definition) is 0. The molecule has 0 fully saturated rings. The molecule has 1 rings (SSSR count). The molecule has 1 aromatic rings. The van der Waals surface area contributed by atoms with E-state index in [4.69, 9.17) is 11.6 Å². The summed E-state index contributed by atoms with van der Waals surface area (Å²) >= 11 is 8.83. The van der Waals surface area contributed by atoms with E-state index < -0.39 is 0 Å². The predicted octanol–water partition coefficient (Wildman–Crippen LogP) is 3.80. The molecule has 0 saturated carbocycles. The quantitative estimate of drug-likeness (QED) is 0.652. The summed E-state index contributed by atoms with van der Waals surface area (Å²) in [6, 6.07) is 3.29. The lowest BCUT2D eigenvalue weighted by molar-refractivity contribution is 0.612. The molecule has 0 unspecified atom stereocenters. The Labute approximate surface area is 78.5 Å². The first-order valence-electron chi connectivity index (χ1n) is 3.28.